The Kier molecular flexibility index (Phi) is 1.14. The summed E-state index contributed by atoms with van der Waals surface area (Å²) < 4.78 is 5.76. The predicted octanol–water partition coefficient (Wildman–Crippen LogP) is 2.01. The molecule has 1 unspecified atom stereocenters. The number of para-hydroxylation sites is 2. The fraction of sp³-hybridized carbons (Fsp3) is 0.400. The molecule has 1 aromatic rings. The molecule has 1 fully saturated rings. The molecule has 1 aromatic carbocycles. The summed E-state index contributed by atoms with van der Waals surface area (Å²) in [4.78, 5) is 2.36. The SMILES string of the molecule is c1ccc2c(c1)OC1CCCN21. The lowest BCUT2D eigenvalue weighted by molar-refractivity contribution is 0.239. The average molecular weight is 161 g/mol. The standard InChI is InChI=1S/C10H11NO/c1-2-5-9-8(4-1)11-7-3-6-10(11)12-9/h1-2,4-5,10H,3,6-7H2. The second-order valence-corrected chi connectivity index (χ2v) is 3.38. The van der Waals surface area contributed by atoms with Gasteiger partial charge in [-0.2, -0.15) is 0 Å². The molecule has 2 aliphatic heterocycles. The van der Waals surface area contributed by atoms with Crippen LogP contribution in [-0.4, -0.2) is 12.8 Å². The number of rotatable bonds is 0. The Labute approximate surface area is 71.8 Å². The third-order valence-corrected chi connectivity index (χ3v) is 2.64. The molecule has 62 valence electrons. The zero-order chi connectivity index (χ0) is 7.97. The largest absolute Gasteiger partial charge is 0.468 e. The van der Waals surface area contributed by atoms with Gasteiger partial charge in [0.2, 0.25) is 0 Å². The van der Waals surface area contributed by atoms with E-state index in [0.29, 0.717) is 6.23 Å². The van der Waals surface area contributed by atoms with E-state index in [1.807, 2.05) is 12.1 Å². The summed E-state index contributed by atoms with van der Waals surface area (Å²) in [5.41, 5.74) is 1.28. The zero-order valence-corrected chi connectivity index (χ0v) is 6.86. The first kappa shape index (κ1) is 6.35. The van der Waals surface area contributed by atoms with Crippen LogP contribution in [-0.2, 0) is 0 Å². The van der Waals surface area contributed by atoms with Gasteiger partial charge in [0.05, 0.1) is 5.69 Å². The van der Waals surface area contributed by atoms with E-state index >= 15 is 0 Å². The van der Waals surface area contributed by atoms with Crippen molar-refractivity contribution in [2.75, 3.05) is 11.4 Å². The van der Waals surface area contributed by atoms with Crippen LogP contribution in [0, 0.1) is 0 Å². The highest BCUT2D eigenvalue weighted by atomic mass is 16.5. The molecule has 0 amide bonds. The van der Waals surface area contributed by atoms with Gasteiger partial charge in [-0.1, -0.05) is 12.1 Å². The molecule has 1 saturated heterocycles. The number of anilines is 1. The van der Waals surface area contributed by atoms with Crippen molar-refractivity contribution in [2.45, 2.75) is 19.1 Å². The molecule has 0 aromatic heterocycles. The number of benzene rings is 1. The van der Waals surface area contributed by atoms with E-state index in [-0.39, 0.29) is 0 Å². The van der Waals surface area contributed by atoms with E-state index < -0.39 is 0 Å². The summed E-state index contributed by atoms with van der Waals surface area (Å²) in [6.45, 7) is 1.15. The van der Waals surface area contributed by atoms with Gasteiger partial charge in [0, 0.05) is 13.0 Å². The van der Waals surface area contributed by atoms with Crippen LogP contribution < -0.4 is 9.64 Å². The van der Waals surface area contributed by atoms with Crippen molar-refractivity contribution in [1.82, 2.24) is 0 Å². The minimum absolute atomic E-state index is 0.336. The smallest absolute Gasteiger partial charge is 0.172 e. The van der Waals surface area contributed by atoms with Crippen molar-refractivity contribution in [3.63, 3.8) is 0 Å². The summed E-state index contributed by atoms with van der Waals surface area (Å²) in [6, 6.07) is 8.29. The number of hydrogen-bond donors (Lipinski definition) is 0. The maximum atomic E-state index is 5.76. The van der Waals surface area contributed by atoms with Crippen LogP contribution in [0.25, 0.3) is 0 Å². The van der Waals surface area contributed by atoms with Gasteiger partial charge < -0.3 is 9.64 Å². The number of ether oxygens (including phenoxy) is 1. The molecule has 2 aliphatic rings. The normalized spacial score (nSPS) is 25.0. The fourth-order valence-corrected chi connectivity index (χ4v) is 2.07. The second-order valence-electron chi connectivity index (χ2n) is 3.38. The molecule has 2 heterocycles. The summed E-state index contributed by atoms with van der Waals surface area (Å²) in [5, 5.41) is 0. The predicted molar refractivity (Wildman–Crippen MR) is 47.4 cm³/mol. The van der Waals surface area contributed by atoms with Gasteiger partial charge in [-0.05, 0) is 18.6 Å². The summed E-state index contributed by atoms with van der Waals surface area (Å²) in [7, 11) is 0. The third kappa shape index (κ3) is 0.697. The Morgan fingerprint density at radius 3 is 3.25 bits per heavy atom. The van der Waals surface area contributed by atoms with Crippen molar-refractivity contribution >= 4 is 5.69 Å². The molecule has 12 heavy (non-hydrogen) atoms. The van der Waals surface area contributed by atoms with Crippen molar-refractivity contribution in [2.24, 2.45) is 0 Å². The van der Waals surface area contributed by atoms with Gasteiger partial charge in [0.1, 0.15) is 5.75 Å². The lowest BCUT2D eigenvalue weighted by Crippen LogP contribution is -2.27. The van der Waals surface area contributed by atoms with Gasteiger partial charge in [-0.15, -0.1) is 0 Å². The van der Waals surface area contributed by atoms with E-state index in [0.717, 1.165) is 12.3 Å². The lowest BCUT2D eigenvalue weighted by Gasteiger charge is -2.14. The molecule has 1 atom stereocenters. The molecule has 2 nitrogen and oxygen atoms in total. The van der Waals surface area contributed by atoms with Crippen LogP contribution in [0.3, 0.4) is 0 Å². The molecule has 0 radical (unpaired) electrons. The monoisotopic (exact) mass is 161 g/mol. The maximum Gasteiger partial charge on any atom is 0.172 e. The molecule has 0 saturated carbocycles. The Morgan fingerprint density at radius 2 is 2.25 bits per heavy atom. The third-order valence-electron chi connectivity index (χ3n) is 2.64. The molecule has 0 bridgehead atoms. The maximum absolute atomic E-state index is 5.76. The quantitative estimate of drug-likeness (QED) is 0.577. The Hall–Kier alpha value is -1.18. The van der Waals surface area contributed by atoms with E-state index in [1.54, 1.807) is 0 Å². The summed E-state index contributed by atoms with van der Waals surface area (Å²) in [5.74, 6) is 1.06. The highest BCUT2D eigenvalue weighted by Gasteiger charge is 2.33. The highest BCUT2D eigenvalue weighted by molar-refractivity contribution is 5.62. The average Bonchev–Trinajstić information content (AvgIpc) is 2.62. The molecule has 3 rings (SSSR count). The van der Waals surface area contributed by atoms with Crippen molar-refractivity contribution < 1.29 is 4.74 Å². The van der Waals surface area contributed by atoms with Crippen molar-refractivity contribution in [3.05, 3.63) is 24.3 Å². The van der Waals surface area contributed by atoms with Crippen LogP contribution >= 0.6 is 0 Å². The van der Waals surface area contributed by atoms with E-state index in [9.17, 15) is 0 Å². The van der Waals surface area contributed by atoms with Gasteiger partial charge in [0.25, 0.3) is 0 Å². The van der Waals surface area contributed by atoms with Crippen molar-refractivity contribution in [3.8, 4) is 5.75 Å². The van der Waals surface area contributed by atoms with Crippen LogP contribution in [0.1, 0.15) is 12.8 Å². The van der Waals surface area contributed by atoms with Gasteiger partial charge in [-0.25, -0.2) is 0 Å². The molecule has 0 N–H and O–H groups in total. The van der Waals surface area contributed by atoms with Crippen LogP contribution in [0.4, 0.5) is 5.69 Å². The second kappa shape index (κ2) is 2.16. The van der Waals surface area contributed by atoms with Crippen LogP contribution in [0.2, 0.25) is 0 Å². The van der Waals surface area contributed by atoms with E-state index in [4.69, 9.17) is 4.74 Å². The number of nitrogens with zero attached hydrogens (tertiary/aromatic N) is 1. The first-order valence-electron chi connectivity index (χ1n) is 4.47. The molecular formula is C10H11NO. The Balaban J connectivity index is 2.09. The van der Waals surface area contributed by atoms with E-state index in [2.05, 4.69) is 17.0 Å². The number of fused-ring (bicyclic) bond motifs is 3. The summed E-state index contributed by atoms with van der Waals surface area (Å²) in [6.07, 6.45) is 2.77. The molecule has 0 aliphatic carbocycles. The zero-order valence-electron chi connectivity index (χ0n) is 6.86. The first-order chi connectivity index (χ1) is 5.95. The lowest BCUT2D eigenvalue weighted by atomic mass is 10.3. The van der Waals surface area contributed by atoms with Gasteiger partial charge in [-0.3, -0.25) is 0 Å². The van der Waals surface area contributed by atoms with Crippen LogP contribution in [0.5, 0.6) is 5.75 Å². The Bertz CT molecular complexity index is 310. The molecular weight excluding hydrogens is 150 g/mol. The van der Waals surface area contributed by atoms with Gasteiger partial charge >= 0.3 is 0 Å². The minimum Gasteiger partial charge on any atom is -0.468 e. The Morgan fingerprint density at radius 1 is 1.33 bits per heavy atom. The number of hydrogen-bond acceptors (Lipinski definition) is 2. The first-order valence-corrected chi connectivity index (χ1v) is 4.47. The highest BCUT2D eigenvalue weighted by Crippen LogP contribution is 2.40. The minimum atomic E-state index is 0.336. The van der Waals surface area contributed by atoms with Gasteiger partial charge in [0.15, 0.2) is 6.23 Å². The van der Waals surface area contributed by atoms with Crippen molar-refractivity contribution in [1.29, 1.82) is 0 Å². The van der Waals surface area contributed by atoms with Crippen LogP contribution in [0.15, 0.2) is 24.3 Å². The topological polar surface area (TPSA) is 12.5 Å². The summed E-state index contributed by atoms with van der Waals surface area (Å²) >= 11 is 0. The van der Waals surface area contributed by atoms with E-state index in [1.165, 1.54) is 18.5 Å². The molecule has 2 heteroatoms. The molecule has 0 spiro atoms. The fourth-order valence-electron chi connectivity index (χ4n) is 2.07.